The predicted octanol–water partition coefficient (Wildman–Crippen LogP) is 5.79. The highest BCUT2D eigenvalue weighted by molar-refractivity contribution is 8.00. The quantitative estimate of drug-likeness (QED) is 0.299. The Bertz CT molecular complexity index is 1290. The first-order valence-corrected chi connectivity index (χ1v) is 13.6. The summed E-state index contributed by atoms with van der Waals surface area (Å²) in [7, 11) is -3.60. The number of sulfonamides is 1. The van der Waals surface area contributed by atoms with E-state index in [0.717, 1.165) is 27.5 Å². The monoisotopic (exact) mass is 501 g/mol. The SMILES string of the molecule is Cc1csc(NC(=O)C(Sc2ccc(NS(=O)(=O)c3cccs3)cc2)c2ccccc2)n1. The Kier molecular flexibility index (Phi) is 6.95. The second-order valence-corrected chi connectivity index (χ2v) is 11.6. The molecule has 32 heavy (non-hydrogen) atoms. The topological polar surface area (TPSA) is 88.2 Å². The number of amides is 1. The van der Waals surface area contributed by atoms with Crippen LogP contribution in [0, 0.1) is 6.92 Å². The van der Waals surface area contributed by atoms with Gasteiger partial charge in [-0.05, 0) is 48.2 Å². The molecule has 0 aliphatic carbocycles. The number of carbonyl (C=O) groups excluding carboxylic acids is 1. The minimum absolute atomic E-state index is 0.168. The molecule has 4 aromatic rings. The lowest BCUT2D eigenvalue weighted by Gasteiger charge is -2.16. The van der Waals surface area contributed by atoms with E-state index in [0.29, 0.717) is 10.8 Å². The first-order chi connectivity index (χ1) is 15.4. The Labute approximate surface area is 198 Å². The van der Waals surface area contributed by atoms with Gasteiger partial charge in [-0.3, -0.25) is 9.52 Å². The summed E-state index contributed by atoms with van der Waals surface area (Å²) in [6.45, 7) is 1.88. The predicted molar refractivity (Wildman–Crippen MR) is 132 cm³/mol. The number of nitrogens with one attached hydrogen (secondary N) is 2. The molecule has 10 heteroatoms. The van der Waals surface area contributed by atoms with Crippen molar-refractivity contribution in [1.29, 1.82) is 0 Å². The molecule has 0 bridgehead atoms. The van der Waals surface area contributed by atoms with E-state index in [-0.39, 0.29) is 10.1 Å². The highest BCUT2D eigenvalue weighted by atomic mass is 32.2. The Morgan fingerprint density at radius 2 is 1.75 bits per heavy atom. The minimum atomic E-state index is -3.60. The van der Waals surface area contributed by atoms with E-state index >= 15 is 0 Å². The minimum Gasteiger partial charge on any atom is -0.301 e. The van der Waals surface area contributed by atoms with Crippen molar-refractivity contribution in [2.45, 2.75) is 21.3 Å². The summed E-state index contributed by atoms with van der Waals surface area (Å²) in [5.74, 6) is -0.168. The number of thiophene rings is 1. The second kappa shape index (κ2) is 9.86. The molecule has 0 saturated heterocycles. The number of aromatic nitrogens is 1. The maximum atomic E-state index is 13.1. The molecular weight excluding hydrogens is 483 g/mol. The van der Waals surface area contributed by atoms with Gasteiger partial charge in [-0.25, -0.2) is 13.4 Å². The maximum Gasteiger partial charge on any atom is 0.271 e. The van der Waals surface area contributed by atoms with Gasteiger partial charge >= 0.3 is 0 Å². The van der Waals surface area contributed by atoms with Gasteiger partial charge in [0.05, 0.1) is 5.69 Å². The summed E-state index contributed by atoms with van der Waals surface area (Å²) in [5, 5.41) is 6.57. The van der Waals surface area contributed by atoms with Gasteiger partial charge in [0.2, 0.25) is 5.91 Å². The number of benzene rings is 2. The van der Waals surface area contributed by atoms with Crippen LogP contribution >= 0.6 is 34.4 Å². The number of aryl methyl sites for hydroxylation is 1. The van der Waals surface area contributed by atoms with Crippen molar-refractivity contribution < 1.29 is 13.2 Å². The third kappa shape index (κ3) is 5.57. The first-order valence-electron chi connectivity index (χ1n) is 9.52. The number of thioether (sulfide) groups is 1. The van der Waals surface area contributed by atoms with Crippen LogP contribution in [0.25, 0.3) is 0 Å². The van der Waals surface area contributed by atoms with Crippen LogP contribution in [-0.4, -0.2) is 19.3 Å². The molecule has 0 aliphatic heterocycles. The van der Waals surface area contributed by atoms with Crippen molar-refractivity contribution in [2.24, 2.45) is 0 Å². The molecule has 164 valence electrons. The molecule has 1 amide bonds. The maximum absolute atomic E-state index is 13.1. The lowest BCUT2D eigenvalue weighted by Crippen LogP contribution is -2.19. The Balaban J connectivity index is 1.51. The average molecular weight is 502 g/mol. The highest BCUT2D eigenvalue weighted by Crippen LogP contribution is 2.37. The van der Waals surface area contributed by atoms with E-state index < -0.39 is 15.3 Å². The van der Waals surface area contributed by atoms with Gasteiger partial charge < -0.3 is 5.32 Å². The normalized spacial score (nSPS) is 12.3. The van der Waals surface area contributed by atoms with Crippen LogP contribution in [0.2, 0.25) is 0 Å². The van der Waals surface area contributed by atoms with Gasteiger partial charge in [0.15, 0.2) is 5.13 Å². The second-order valence-electron chi connectivity index (χ2n) is 6.75. The van der Waals surface area contributed by atoms with E-state index in [1.54, 1.807) is 41.8 Å². The standard InChI is InChI=1S/C22H19N3O3S4/c1-15-14-30-22(23-15)24-21(26)20(16-6-3-2-4-7-16)31-18-11-9-17(10-12-18)25-32(27,28)19-8-5-13-29-19/h2-14,20,25H,1H3,(H,23,24,26). The lowest BCUT2D eigenvalue weighted by molar-refractivity contribution is -0.115. The van der Waals surface area contributed by atoms with Crippen molar-refractivity contribution in [3.8, 4) is 0 Å². The van der Waals surface area contributed by atoms with Crippen LogP contribution in [0.1, 0.15) is 16.5 Å². The molecule has 2 aromatic heterocycles. The Morgan fingerprint density at radius 3 is 2.38 bits per heavy atom. The summed E-state index contributed by atoms with van der Waals surface area (Å²) in [6.07, 6.45) is 0. The van der Waals surface area contributed by atoms with Crippen LogP contribution in [0.15, 0.2) is 86.6 Å². The molecule has 2 aromatic carbocycles. The molecule has 6 nitrogen and oxygen atoms in total. The zero-order chi connectivity index (χ0) is 22.6. The summed E-state index contributed by atoms with van der Waals surface area (Å²) in [6, 6.07) is 19.8. The van der Waals surface area contributed by atoms with E-state index in [2.05, 4.69) is 15.0 Å². The van der Waals surface area contributed by atoms with E-state index in [1.165, 1.54) is 23.1 Å². The van der Waals surface area contributed by atoms with Crippen molar-refractivity contribution in [3.63, 3.8) is 0 Å². The Morgan fingerprint density at radius 1 is 1.00 bits per heavy atom. The molecule has 0 radical (unpaired) electrons. The van der Waals surface area contributed by atoms with Gasteiger partial charge in [-0.2, -0.15) is 0 Å². The van der Waals surface area contributed by atoms with Gasteiger partial charge in [-0.15, -0.1) is 34.4 Å². The number of anilines is 2. The third-order valence-corrected chi connectivity index (χ3v) is 9.23. The van der Waals surface area contributed by atoms with Crippen LogP contribution in [0.4, 0.5) is 10.8 Å². The number of thiazole rings is 1. The number of nitrogens with zero attached hydrogens (tertiary/aromatic N) is 1. The van der Waals surface area contributed by atoms with E-state index in [1.807, 2.05) is 42.6 Å². The summed E-state index contributed by atoms with van der Waals surface area (Å²) < 4.78 is 27.7. The van der Waals surface area contributed by atoms with E-state index in [4.69, 9.17) is 0 Å². The van der Waals surface area contributed by atoms with Crippen molar-refractivity contribution in [1.82, 2.24) is 4.98 Å². The van der Waals surface area contributed by atoms with Gasteiger partial charge in [-0.1, -0.05) is 36.4 Å². The fourth-order valence-corrected chi connectivity index (χ4v) is 6.61. The van der Waals surface area contributed by atoms with Gasteiger partial charge in [0.1, 0.15) is 9.46 Å². The molecule has 0 fully saturated rings. The first kappa shape index (κ1) is 22.5. The zero-order valence-electron chi connectivity index (χ0n) is 16.9. The summed E-state index contributed by atoms with van der Waals surface area (Å²) in [4.78, 5) is 18.2. The fraction of sp³-hybridized carbons (Fsp3) is 0.0909. The zero-order valence-corrected chi connectivity index (χ0v) is 20.2. The van der Waals surface area contributed by atoms with Crippen LogP contribution in [-0.2, 0) is 14.8 Å². The molecule has 0 aliphatic rings. The molecule has 1 unspecified atom stereocenters. The van der Waals surface area contributed by atoms with Crippen molar-refractivity contribution in [3.05, 3.63) is 88.7 Å². The molecular formula is C22H19N3O3S4. The lowest BCUT2D eigenvalue weighted by atomic mass is 10.1. The number of carbonyl (C=O) groups is 1. The van der Waals surface area contributed by atoms with Crippen molar-refractivity contribution >= 4 is 61.2 Å². The molecule has 1 atom stereocenters. The largest absolute Gasteiger partial charge is 0.301 e. The summed E-state index contributed by atoms with van der Waals surface area (Å²) >= 11 is 3.94. The molecule has 0 spiro atoms. The summed E-state index contributed by atoms with van der Waals surface area (Å²) in [5.41, 5.74) is 2.18. The number of hydrogen-bond donors (Lipinski definition) is 2. The van der Waals surface area contributed by atoms with E-state index in [9.17, 15) is 13.2 Å². The van der Waals surface area contributed by atoms with Crippen LogP contribution < -0.4 is 10.0 Å². The fourth-order valence-electron chi connectivity index (χ4n) is 2.84. The van der Waals surface area contributed by atoms with Crippen LogP contribution in [0.3, 0.4) is 0 Å². The molecule has 2 heterocycles. The van der Waals surface area contributed by atoms with Gasteiger partial charge in [0, 0.05) is 16.0 Å². The Hall–Kier alpha value is -2.66. The smallest absolute Gasteiger partial charge is 0.271 e. The highest BCUT2D eigenvalue weighted by Gasteiger charge is 2.23. The molecule has 2 N–H and O–H groups in total. The molecule has 4 rings (SSSR count). The van der Waals surface area contributed by atoms with Crippen molar-refractivity contribution in [2.75, 3.05) is 10.0 Å². The molecule has 0 saturated carbocycles. The number of hydrogen-bond acceptors (Lipinski definition) is 7. The third-order valence-electron chi connectivity index (χ3n) is 4.31. The number of rotatable bonds is 8. The van der Waals surface area contributed by atoms with Gasteiger partial charge in [0.25, 0.3) is 10.0 Å². The van der Waals surface area contributed by atoms with Crippen LogP contribution in [0.5, 0.6) is 0 Å². The average Bonchev–Trinajstić information content (AvgIpc) is 3.46.